The van der Waals surface area contributed by atoms with E-state index in [0.717, 1.165) is 57.2 Å². The largest absolute Gasteiger partial charge is 0.354 e. The van der Waals surface area contributed by atoms with Crippen LogP contribution in [0, 0.1) is 0 Å². The lowest BCUT2D eigenvalue weighted by molar-refractivity contribution is 0.0927. The monoisotopic (exact) mass is 340 g/mol. The van der Waals surface area contributed by atoms with Gasteiger partial charge in [-0.1, -0.05) is 0 Å². The normalized spacial score (nSPS) is 21.0. The molecular formula is C18H24N6O. The van der Waals surface area contributed by atoms with E-state index < -0.39 is 0 Å². The van der Waals surface area contributed by atoms with Crippen LogP contribution in [-0.2, 0) is 13.0 Å². The summed E-state index contributed by atoms with van der Waals surface area (Å²) in [7, 11) is 2.13. The number of imidazole rings is 1. The Kier molecular flexibility index (Phi) is 4.40. The lowest BCUT2D eigenvalue weighted by Gasteiger charge is -2.33. The van der Waals surface area contributed by atoms with E-state index in [2.05, 4.69) is 36.7 Å². The highest BCUT2D eigenvalue weighted by molar-refractivity contribution is 5.95. The number of anilines is 1. The number of hydrogen-bond donors (Lipinski definition) is 1. The van der Waals surface area contributed by atoms with Crippen LogP contribution in [0.15, 0.2) is 30.7 Å². The third-order valence-electron chi connectivity index (χ3n) is 5.11. The molecule has 0 saturated carbocycles. The number of nitrogens with one attached hydrogen (secondary N) is 1. The zero-order valence-corrected chi connectivity index (χ0v) is 14.6. The van der Waals surface area contributed by atoms with Gasteiger partial charge in [0.2, 0.25) is 0 Å². The summed E-state index contributed by atoms with van der Waals surface area (Å²) in [5.74, 6) is 1.97. The van der Waals surface area contributed by atoms with Crippen LogP contribution in [0.3, 0.4) is 0 Å². The quantitative estimate of drug-likeness (QED) is 0.894. The number of aromatic nitrogens is 3. The van der Waals surface area contributed by atoms with Gasteiger partial charge in [-0.3, -0.25) is 4.79 Å². The Labute approximate surface area is 147 Å². The number of nitrogens with zero attached hydrogens (tertiary/aromatic N) is 5. The maximum absolute atomic E-state index is 12.7. The van der Waals surface area contributed by atoms with E-state index in [-0.39, 0.29) is 11.9 Å². The fourth-order valence-electron chi connectivity index (χ4n) is 3.52. The number of amides is 1. The van der Waals surface area contributed by atoms with Crippen molar-refractivity contribution in [3.63, 3.8) is 0 Å². The Hall–Kier alpha value is -2.41. The first kappa shape index (κ1) is 16.1. The number of rotatable bonds is 3. The molecule has 0 bridgehead atoms. The van der Waals surface area contributed by atoms with Gasteiger partial charge < -0.3 is 19.7 Å². The molecule has 132 valence electrons. The number of piperazine rings is 1. The lowest BCUT2D eigenvalue weighted by Crippen LogP contribution is -2.45. The maximum Gasteiger partial charge on any atom is 0.251 e. The second kappa shape index (κ2) is 6.84. The maximum atomic E-state index is 12.7. The van der Waals surface area contributed by atoms with Gasteiger partial charge in [-0.2, -0.15) is 0 Å². The van der Waals surface area contributed by atoms with Crippen LogP contribution >= 0.6 is 0 Å². The molecule has 4 heterocycles. The summed E-state index contributed by atoms with van der Waals surface area (Å²) in [6, 6.07) is 3.85. The van der Waals surface area contributed by atoms with Gasteiger partial charge in [0.1, 0.15) is 11.6 Å². The average Bonchev–Trinajstić information content (AvgIpc) is 3.10. The highest BCUT2D eigenvalue weighted by Crippen LogP contribution is 2.17. The molecular weight excluding hydrogens is 316 g/mol. The van der Waals surface area contributed by atoms with Crippen molar-refractivity contribution in [3.05, 3.63) is 42.1 Å². The molecule has 2 aromatic rings. The van der Waals surface area contributed by atoms with Crippen molar-refractivity contribution in [1.82, 2.24) is 24.8 Å². The average molecular weight is 340 g/mol. The van der Waals surface area contributed by atoms with Gasteiger partial charge in [0.25, 0.3) is 5.91 Å². The second-order valence-corrected chi connectivity index (χ2v) is 6.90. The Bertz CT molecular complexity index is 750. The minimum absolute atomic E-state index is 0.0219. The smallest absolute Gasteiger partial charge is 0.251 e. The number of carbonyl (C=O) groups excluding carboxylic acids is 1. The SMILES string of the molecule is CN1CCN(c2cc(C(=O)NC3CCc4nccn4C3)ccn2)CC1. The molecule has 1 unspecified atom stereocenters. The van der Waals surface area contributed by atoms with E-state index in [0.29, 0.717) is 5.56 Å². The van der Waals surface area contributed by atoms with E-state index in [1.807, 2.05) is 18.5 Å². The van der Waals surface area contributed by atoms with E-state index in [1.165, 1.54) is 0 Å². The Balaban J connectivity index is 1.41. The summed E-state index contributed by atoms with van der Waals surface area (Å²) in [6.07, 6.45) is 7.37. The summed E-state index contributed by atoms with van der Waals surface area (Å²) < 4.78 is 2.12. The molecule has 0 aliphatic carbocycles. The summed E-state index contributed by atoms with van der Waals surface area (Å²) in [5.41, 5.74) is 0.681. The molecule has 7 heteroatoms. The van der Waals surface area contributed by atoms with Crippen LogP contribution in [-0.4, -0.2) is 64.6 Å². The van der Waals surface area contributed by atoms with Crippen LogP contribution in [0.2, 0.25) is 0 Å². The molecule has 25 heavy (non-hydrogen) atoms. The third kappa shape index (κ3) is 3.51. The van der Waals surface area contributed by atoms with E-state index in [1.54, 1.807) is 12.3 Å². The van der Waals surface area contributed by atoms with Crippen molar-refractivity contribution >= 4 is 11.7 Å². The molecule has 1 fully saturated rings. The Morgan fingerprint density at radius 2 is 2.04 bits per heavy atom. The van der Waals surface area contributed by atoms with Crippen LogP contribution in [0.25, 0.3) is 0 Å². The van der Waals surface area contributed by atoms with Gasteiger partial charge in [-0.25, -0.2) is 9.97 Å². The van der Waals surface area contributed by atoms with Crippen LogP contribution in [0.5, 0.6) is 0 Å². The van der Waals surface area contributed by atoms with Gasteiger partial charge >= 0.3 is 0 Å². The van der Waals surface area contributed by atoms with Gasteiger partial charge in [0, 0.05) is 69.3 Å². The van der Waals surface area contributed by atoms with Crippen molar-refractivity contribution in [2.75, 3.05) is 38.1 Å². The zero-order valence-electron chi connectivity index (χ0n) is 14.6. The van der Waals surface area contributed by atoms with Crippen LogP contribution < -0.4 is 10.2 Å². The molecule has 0 aromatic carbocycles. The summed E-state index contributed by atoms with van der Waals surface area (Å²) in [4.78, 5) is 26.0. The number of fused-ring (bicyclic) bond motifs is 1. The minimum atomic E-state index is -0.0219. The van der Waals surface area contributed by atoms with Crippen molar-refractivity contribution in [3.8, 4) is 0 Å². The van der Waals surface area contributed by atoms with Crippen molar-refractivity contribution < 1.29 is 4.79 Å². The van der Waals surface area contributed by atoms with E-state index >= 15 is 0 Å². The molecule has 4 rings (SSSR count). The predicted molar refractivity (Wildman–Crippen MR) is 95.7 cm³/mol. The number of likely N-dealkylation sites (N-methyl/N-ethyl adjacent to an activating group) is 1. The van der Waals surface area contributed by atoms with Gasteiger partial charge in [-0.15, -0.1) is 0 Å². The highest BCUT2D eigenvalue weighted by Gasteiger charge is 2.22. The van der Waals surface area contributed by atoms with Crippen molar-refractivity contribution in [2.24, 2.45) is 0 Å². The number of carbonyl (C=O) groups is 1. The lowest BCUT2D eigenvalue weighted by atomic mass is 10.1. The molecule has 1 N–H and O–H groups in total. The minimum Gasteiger partial charge on any atom is -0.354 e. The third-order valence-corrected chi connectivity index (χ3v) is 5.11. The summed E-state index contributed by atoms with van der Waals surface area (Å²) in [5, 5.41) is 3.16. The first-order valence-electron chi connectivity index (χ1n) is 8.89. The highest BCUT2D eigenvalue weighted by atomic mass is 16.1. The van der Waals surface area contributed by atoms with Crippen molar-refractivity contribution in [1.29, 1.82) is 0 Å². The summed E-state index contributed by atoms with van der Waals surface area (Å²) >= 11 is 0. The molecule has 2 aliphatic heterocycles. The molecule has 0 spiro atoms. The van der Waals surface area contributed by atoms with Gasteiger partial charge in [-0.05, 0) is 25.6 Å². The van der Waals surface area contributed by atoms with Gasteiger partial charge in [0.15, 0.2) is 0 Å². The molecule has 2 aliphatic rings. The Morgan fingerprint density at radius 1 is 1.20 bits per heavy atom. The van der Waals surface area contributed by atoms with E-state index in [9.17, 15) is 4.79 Å². The molecule has 1 saturated heterocycles. The van der Waals surface area contributed by atoms with Gasteiger partial charge in [0.05, 0.1) is 0 Å². The molecule has 0 radical (unpaired) electrons. The molecule has 1 atom stereocenters. The molecule has 2 aromatic heterocycles. The standard InChI is InChI=1S/C18H24N6O/c1-22-8-10-23(11-9-22)17-12-14(4-5-19-17)18(25)21-15-2-3-16-20-6-7-24(16)13-15/h4-7,12,15H,2-3,8-11,13H2,1H3,(H,21,25). The Morgan fingerprint density at radius 3 is 2.88 bits per heavy atom. The second-order valence-electron chi connectivity index (χ2n) is 6.90. The number of hydrogen-bond acceptors (Lipinski definition) is 5. The predicted octanol–water partition coefficient (Wildman–Crippen LogP) is 0.775. The van der Waals surface area contributed by atoms with Crippen LogP contribution in [0.1, 0.15) is 22.6 Å². The zero-order chi connectivity index (χ0) is 17.2. The summed E-state index contributed by atoms with van der Waals surface area (Å²) in [6.45, 7) is 4.72. The number of pyridine rings is 1. The van der Waals surface area contributed by atoms with E-state index in [4.69, 9.17) is 0 Å². The first-order valence-corrected chi connectivity index (χ1v) is 8.89. The fourth-order valence-corrected chi connectivity index (χ4v) is 3.52. The molecule has 1 amide bonds. The molecule has 7 nitrogen and oxygen atoms in total. The van der Waals surface area contributed by atoms with Crippen LogP contribution in [0.4, 0.5) is 5.82 Å². The topological polar surface area (TPSA) is 66.3 Å². The van der Waals surface area contributed by atoms with Crippen molar-refractivity contribution in [2.45, 2.75) is 25.4 Å². The number of aryl methyl sites for hydroxylation is 1. The fraction of sp³-hybridized carbons (Fsp3) is 0.500. The first-order chi connectivity index (χ1) is 12.2.